The van der Waals surface area contributed by atoms with Crippen LogP contribution in [0.1, 0.15) is 41.5 Å². The lowest BCUT2D eigenvalue weighted by molar-refractivity contribution is 0.229. The maximum Gasteiger partial charge on any atom is 0.167 e. The number of ether oxygens (including phenoxy) is 3. The molecule has 0 unspecified atom stereocenters. The molecule has 0 saturated heterocycles. The first-order chi connectivity index (χ1) is 17.7. The smallest absolute Gasteiger partial charge is 0.167 e. The highest BCUT2D eigenvalue weighted by Crippen LogP contribution is 2.36. The zero-order valence-electron chi connectivity index (χ0n) is 22.1. The van der Waals surface area contributed by atoms with Crippen molar-refractivity contribution in [1.82, 2.24) is 15.0 Å². The van der Waals surface area contributed by atoms with E-state index in [2.05, 4.69) is 0 Å². The van der Waals surface area contributed by atoms with Crippen LogP contribution in [0.2, 0.25) is 0 Å². The van der Waals surface area contributed by atoms with Crippen molar-refractivity contribution in [2.24, 2.45) is 0 Å². The first-order valence-electron chi connectivity index (χ1n) is 12.5. The largest absolute Gasteiger partial charge is 0.507 e. The summed E-state index contributed by atoms with van der Waals surface area (Å²) in [7, 11) is 0. The number of hydrogen-bond donors (Lipinski definition) is 1. The Labute approximate surface area is 218 Å². The molecule has 0 fully saturated rings. The molecule has 0 spiro atoms. The Hall–Kier alpha value is -4.13. The van der Waals surface area contributed by atoms with E-state index in [1.54, 1.807) is 18.2 Å². The zero-order chi connectivity index (χ0) is 26.5. The minimum atomic E-state index is -0.0690. The van der Waals surface area contributed by atoms with Crippen LogP contribution >= 0.6 is 0 Å². The fraction of sp³-hybridized carbons (Fsp3) is 0.300. The molecule has 0 aliphatic carbocycles. The SMILES string of the molecule is CC(C)Oc1ccc(-c2nc(-c3ccccc3)nc(-c3ccc(OC(C)C)cc3OC(C)C)n2)c(O)c1. The molecular formula is C30H33N3O4. The van der Waals surface area contributed by atoms with Gasteiger partial charge in [0, 0.05) is 17.7 Å². The molecule has 3 aromatic carbocycles. The summed E-state index contributed by atoms with van der Waals surface area (Å²) >= 11 is 0. The van der Waals surface area contributed by atoms with E-state index in [-0.39, 0.29) is 24.1 Å². The Morgan fingerprint density at radius 2 is 1.08 bits per heavy atom. The molecule has 0 aliphatic heterocycles. The van der Waals surface area contributed by atoms with E-state index in [0.717, 1.165) is 5.56 Å². The van der Waals surface area contributed by atoms with Crippen LogP contribution in [0.5, 0.6) is 23.0 Å². The fourth-order valence-corrected chi connectivity index (χ4v) is 3.76. The molecule has 37 heavy (non-hydrogen) atoms. The molecule has 192 valence electrons. The Morgan fingerprint density at radius 1 is 0.568 bits per heavy atom. The van der Waals surface area contributed by atoms with Crippen molar-refractivity contribution < 1.29 is 19.3 Å². The highest BCUT2D eigenvalue weighted by atomic mass is 16.5. The summed E-state index contributed by atoms with van der Waals surface area (Å²) < 4.78 is 17.8. The topological polar surface area (TPSA) is 86.6 Å². The Bertz CT molecular complexity index is 1350. The zero-order valence-corrected chi connectivity index (χ0v) is 22.1. The minimum absolute atomic E-state index is 0.0132. The number of phenols is 1. The third kappa shape index (κ3) is 6.55. The second-order valence-electron chi connectivity index (χ2n) is 9.51. The van der Waals surface area contributed by atoms with E-state index < -0.39 is 0 Å². The molecule has 0 atom stereocenters. The van der Waals surface area contributed by atoms with Gasteiger partial charge in [-0.3, -0.25) is 0 Å². The quantitative estimate of drug-likeness (QED) is 0.267. The number of aromatic hydroxyl groups is 1. The van der Waals surface area contributed by atoms with Gasteiger partial charge in [-0.15, -0.1) is 0 Å². The summed E-state index contributed by atoms with van der Waals surface area (Å²) in [4.78, 5) is 14.3. The summed E-state index contributed by atoms with van der Waals surface area (Å²) in [6.45, 7) is 11.8. The average Bonchev–Trinajstić information content (AvgIpc) is 2.83. The van der Waals surface area contributed by atoms with Crippen molar-refractivity contribution in [2.45, 2.75) is 59.9 Å². The van der Waals surface area contributed by atoms with Crippen LogP contribution in [-0.4, -0.2) is 38.4 Å². The summed E-state index contributed by atoms with van der Waals surface area (Å²) in [6.07, 6.45) is -0.0573. The minimum Gasteiger partial charge on any atom is -0.507 e. The third-order valence-electron chi connectivity index (χ3n) is 5.18. The van der Waals surface area contributed by atoms with Gasteiger partial charge in [-0.05, 0) is 65.8 Å². The molecule has 1 N–H and O–H groups in total. The van der Waals surface area contributed by atoms with Crippen molar-refractivity contribution >= 4 is 0 Å². The first-order valence-corrected chi connectivity index (χ1v) is 12.5. The molecule has 4 rings (SSSR count). The molecule has 0 amide bonds. The van der Waals surface area contributed by atoms with Gasteiger partial charge >= 0.3 is 0 Å². The van der Waals surface area contributed by atoms with Gasteiger partial charge in [0.25, 0.3) is 0 Å². The molecule has 1 heterocycles. The van der Waals surface area contributed by atoms with Gasteiger partial charge in [0.1, 0.15) is 23.0 Å². The predicted octanol–water partition coefficient (Wildman–Crippen LogP) is 6.94. The van der Waals surface area contributed by atoms with E-state index in [1.807, 2.05) is 90.1 Å². The standard InChI is InChI=1S/C30H33N3O4/c1-18(2)35-22-12-14-24(26(34)16-22)29-31-28(21-10-8-7-9-11-21)32-30(33-29)25-15-13-23(36-19(3)4)17-27(25)37-20(5)6/h7-20,34H,1-6H3. The van der Waals surface area contributed by atoms with Gasteiger partial charge in [0.2, 0.25) is 0 Å². The normalized spacial score (nSPS) is 11.3. The van der Waals surface area contributed by atoms with Crippen LogP contribution in [0.4, 0.5) is 0 Å². The van der Waals surface area contributed by atoms with Gasteiger partial charge in [0.15, 0.2) is 17.5 Å². The molecule has 0 radical (unpaired) electrons. The highest BCUT2D eigenvalue weighted by molar-refractivity contribution is 5.73. The summed E-state index contributed by atoms with van der Waals surface area (Å²) in [6, 6.07) is 20.4. The van der Waals surface area contributed by atoms with Crippen molar-refractivity contribution in [3.8, 4) is 57.2 Å². The second kappa shape index (κ2) is 11.3. The van der Waals surface area contributed by atoms with E-state index in [4.69, 9.17) is 29.2 Å². The Kier molecular flexibility index (Phi) is 7.92. The second-order valence-corrected chi connectivity index (χ2v) is 9.51. The molecule has 7 heteroatoms. The summed E-state index contributed by atoms with van der Waals surface area (Å²) in [5.74, 6) is 3.16. The number of benzene rings is 3. The molecule has 0 saturated carbocycles. The first kappa shape index (κ1) is 25.9. The number of phenolic OH excluding ortho intramolecular Hbond substituents is 1. The lowest BCUT2D eigenvalue weighted by atomic mass is 10.1. The molecule has 7 nitrogen and oxygen atoms in total. The maximum absolute atomic E-state index is 10.9. The number of hydrogen-bond acceptors (Lipinski definition) is 7. The number of nitrogens with zero attached hydrogens (tertiary/aromatic N) is 3. The van der Waals surface area contributed by atoms with Gasteiger partial charge in [-0.2, -0.15) is 0 Å². The summed E-state index contributed by atoms with van der Waals surface area (Å²) in [5.41, 5.74) is 2.01. The van der Waals surface area contributed by atoms with E-state index in [1.165, 1.54) is 0 Å². The van der Waals surface area contributed by atoms with Crippen molar-refractivity contribution in [3.63, 3.8) is 0 Å². The molecule has 1 aromatic heterocycles. The fourth-order valence-electron chi connectivity index (χ4n) is 3.76. The van der Waals surface area contributed by atoms with E-state index >= 15 is 0 Å². The van der Waals surface area contributed by atoms with Crippen molar-refractivity contribution in [2.75, 3.05) is 0 Å². The molecule has 0 aliphatic rings. The molecular weight excluding hydrogens is 466 g/mol. The lowest BCUT2D eigenvalue weighted by Gasteiger charge is -2.17. The third-order valence-corrected chi connectivity index (χ3v) is 5.18. The van der Waals surface area contributed by atoms with Crippen LogP contribution < -0.4 is 14.2 Å². The maximum atomic E-state index is 10.9. The van der Waals surface area contributed by atoms with Crippen LogP contribution in [0.15, 0.2) is 66.7 Å². The Morgan fingerprint density at radius 3 is 1.65 bits per heavy atom. The van der Waals surface area contributed by atoms with E-state index in [0.29, 0.717) is 45.8 Å². The average molecular weight is 500 g/mol. The van der Waals surface area contributed by atoms with E-state index in [9.17, 15) is 5.11 Å². The van der Waals surface area contributed by atoms with Gasteiger partial charge < -0.3 is 19.3 Å². The van der Waals surface area contributed by atoms with Crippen LogP contribution in [0, 0.1) is 0 Å². The predicted molar refractivity (Wildman–Crippen MR) is 145 cm³/mol. The summed E-state index contributed by atoms with van der Waals surface area (Å²) in [5, 5.41) is 10.9. The Balaban J connectivity index is 1.88. The van der Waals surface area contributed by atoms with Crippen molar-refractivity contribution in [3.05, 3.63) is 66.7 Å². The van der Waals surface area contributed by atoms with Gasteiger partial charge in [0.05, 0.1) is 29.4 Å². The van der Waals surface area contributed by atoms with Crippen LogP contribution in [0.3, 0.4) is 0 Å². The van der Waals surface area contributed by atoms with Gasteiger partial charge in [-0.1, -0.05) is 30.3 Å². The molecule has 4 aromatic rings. The number of aromatic nitrogens is 3. The monoisotopic (exact) mass is 499 g/mol. The lowest BCUT2D eigenvalue weighted by Crippen LogP contribution is -2.09. The van der Waals surface area contributed by atoms with Gasteiger partial charge in [-0.25, -0.2) is 15.0 Å². The van der Waals surface area contributed by atoms with Crippen LogP contribution in [-0.2, 0) is 0 Å². The van der Waals surface area contributed by atoms with Crippen LogP contribution in [0.25, 0.3) is 34.2 Å². The highest BCUT2D eigenvalue weighted by Gasteiger charge is 2.19. The number of rotatable bonds is 9. The molecule has 0 bridgehead atoms. The van der Waals surface area contributed by atoms with Crippen molar-refractivity contribution in [1.29, 1.82) is 0 Å².